The van der Waals surface area contributed by atoms with Gasteiger partial charge in [-0.15, -0.1) is 11.3 Å². The van der Waals surface area contributed by atoms with E-state index in [0.717, 1.165) is 9.50 Å². The Bertz CT molecular complexity index is 433. The average molecular weight is 262 g/mol. The molecule has 12 heavy (non-hydrogen) atoms. The van der Waals surface area contributed by atoms with Crippen molar-refractivity contribution < 1.29 is 0 Å². The molecule has 0 saturated heterocycles. The van der Waals surface area contributed by atoms with Gasteiger partial charge in [-0.05, 0) is 30.0 Å². The molecule has 2 aromatic rings. The van der Waals surface area contributed by atoms with Gasteiger partial charge in [-0.2, -0.15) is 0 Å². The third kappa shape index (κ3) is 1.28. The van der Waals surface area contributed by atoms with Gasteiger partial charge in [0, 0.05) is 19.6 Å². The highest BCUT2D eigenvalue weighted by atomic mass is 79.9. The largest absolute Gasteiger partial charge is 0.143 e. The van der Waals surface area contributed by atoms with E-state index >= 15 is 0 Å². The highest BCUT2D eigenvalue weighted by Crippen LogP contribution is 2.34. The molecule has 0 unspecified atom stereocenters. The van der Waals surface area contributed by atoms with Gasteiger partial charge in [-0.25, -0.2) is 0 Å². The van der Waals surface area contributed by atoms with Gasteiger partial charge in [-0.3, -0.25) is 0 Å². The first-order valence-electron chi connectivity index (χ1n) is 3.51. The van der Waals surface area contributed by atoms with Gasteiger partial charge in [-0.1, -0.05) is 27.5 Å². The van der Waals surface area contributed by atoms with Crippen LogP contribution >= 0.6 is 38.9 Å². The van der Waals surface area contributed by atoms with Crippen molar-refractivity contribution in [1.29, 1.82) is 0 Å². The second kappa shape index (κ2) is 3.02. The average Bonchev–Trinajstić information content (AvgIpc) is 2.31. The Hall–Kier alpha value is -0.0500. The van der Waals surface area contributed by atoms with E-state index in [1.54, 1.807) is 11.3 Å². The van der Waals surface area contributed by atoms with E-state index in [-0.39, 0.29) is 0 Å². The molecule has 2 rings (SSSR count). The van der Waals surface area contributed by atoms with Crippen LogP contribution in [0.15, 0.2) is 22.0 Å². The number of halogens is 2. The normalized spacial score (nSPS) is 10.9. The zero-order valence-corrected chi connectivity index (χ0v) is 9.55. The van der Waals surface area contributed by atoms with E-state index in [1.807, 2.05) is 12.1 Å². The SMILES string of the molecule is Cc1csc2cc(Cl)cc(Br)c12. The van der Waals surface area contributed by atoms with Gasteiger partial charge < -0.3 is 0 Å². The van der Waals surface area contributed by atoms with Crippen molar-refractivity contribution in [2.45, 2.75) is 6.92 Å². The molecule has 0 amide bonds. The lowest BCUT2D eigenvalue weighted by molar-refractivity contribution is 1.58. The Balaban J connectivity index is 2.93. The zero-order valence-electron chi connectivity index (χ0n) is 6.40. The van der Waals surface area contributed by atoms with E-state index in [0.29, 0.717) is 0 Å². The minimum absolute atomic E-state index is 0.788. The number of aryl methyl sites for hydroxylation is 1. The van der Waals surface area contributed by atoms with Crippen molar-refractivity contribution >= 4 is 49.0 Å². The summed E-state index contributed by atoms with van der Waals surface area (Å²) < 4.78 is 2.33. The molecule has 0 aliphatic heterocycles. The fraction of sp³-hybridized carbons (Fsp3) is 0.111. The predicted octanol–water partition coefficient (Wildman–Crippen LogP) is 4.63. The maximum absolute atomic E-state index is 5.91. The summed E-state index contributed by atoms with van der Waals surface area (Å²) in [7, 11) is 0. The maximum atomic E-state index is 5.91. The van der Waals surface area contributed by atoms with Crippen LogP contribution in [-0.4, -0.2) is 0 Å². The fourth-order valence-corrected chi connectivity index (χ4v) is 3.56. The molecular weight excluding hydrogens is 256 g/mol. The molecule has 62 valence electrons. The van der Waals surface area contributed by atoms with Crippen molar-refractivity contribution in [2.75, 3.05) is 0 Å². The van der Waals surface area contributed by atoms with E-state index in [9.17, 15) is 0 Å². The van der Waals surface area contributed by atoms with E-state index in [2.05, 4.69) is 28.2 Å². The molecule has 0 saturated carbocycles. The fourth-order valence-electron chi connectivity index (χ4n) is 1.24. The Morgan fingerprint density at radius 2 is 2.17 bits per heavy atom. The molecule has 1 aromatic carbocycles. The standard InChI is InChI=1S/C9H6BrClS/c1-5-4-12-8-3-6(11)2-7(10)9(5)8/h2-4H,1H3. The van der Waals surface area contributed by atoms with Crippen LogP contribution in [0.3, 0.4) is 0 Å². The summed E-state index contributed by atoms with van der Waals surface area (Å²) in [4.78, 5) is 0. The van der Waals surface area contributed by atoms with Crippen LogP contribution in [-0.2, 0) is 0 Å². The first kappa shape index (κ1) is 8.54. The van der Waals surface area contributed by atoms with Crippen molar-refractivity contribution in [1.82, 2.24) is 0 Å². The molecule has 3 heteroatoms. The lowest BCUT2D eigenvalue weighted by atomic mass is 10.2. The third-order valence-electron chi connectivity index (χ3n) is 1.78. The highest BCUT2D eigenvalue weighted by molar-refractivity contribution is 9.10. The van der Waals surface area contributed by atoms with Gasteiger partial charge in [0.2, 0.25) is 0 Å². The third-order valence-corrected chi connectivity index (χ3v) is 3.67. The molecule has 0 fully saturated rings. The number of thiophene rings is 1. The Morgan fingerprint density at radius 3 is 2.92 bits per heavy atom. The van der Waals surface area contributed by atoms with Crippen LogP contribution in [0, 0.1) is 6.92 Å². The molecule has 0 nitrogen and oxygen atoms in total. The molecule has 0 N–H and O–H groups in total. The summed E-state index contributed by atoms with van der Waals surface area (Å²) in [5, 5.41) is 4.21. The van der Waals surface area contributed by atoms with Crippen LogP contribution in [0.5, 0.6) is 0 Å². The molecule has 0 radical (unpaired) electrons. The van der Waals surface area contributed by atoms with Crippen molar-refractivity contribution in [3.05, 3.63) is 32.6 Å². The van der Waals surface area contributed by atoms with Gasteiger partial charge in [0.15, 0.2) is 0 Å². The summed E-state index contributed by atoms with van der Waals surface area (Å²) in [5.41, 5.74) is 1.30. The number of hydrogen-bond donors (Lipinski definition) is 0. The Morgan fingerprint density at radius 1 is 1.42 bits per heavy atom. The summed E-state index contributed by atoms with van der Waals surface area (Å²) in [6.45, 7) is 2.11. The second-order valence-electron chi connectivity index (χ2n) is 2.68. The summed E-state index contributed by atoms with van der Waals surface area (Å²) in [6, 6.07) is 3.93. The molecule has 1 heterocycles. The summed E-state index contributed by atoms with van der Waals surface area (Å²) in [5.74, 6) is 0. The molecule has 1 aromatic heterocycles. The van der Waals surface area contributed by atoms with Gasteiger partial charge >= 0.3 is 0 Å². The van der Waals surface area contributed by atoms with Crippen LogP contribution in [0.4, 0.5) is 0 Å². The minimum atomic E-state index is 0.788. The number of benzene rings is 1. The van der Waals surface area contributed by atoms with Crippen molar-refractivity contribution in [3.63, 3.8) is 0 Å². The van der Waals surface area contributed by atoms with Gasteiger partial charge in [0.1, 0.15) is 0 Å². The van der Waals surface area contributed by atoms with E-state index in [1.165, 1.54) is 15.6 Å². The van der Waals surface area contributed by atoms with Crippen LogP contribution in [0.25, 0.3) is 10.1 Å². The number of hydrogen-bond acceptors (Lipinski definition) is 1. The van der Waals surface area contributed by atoms with E-state index in [4.69, 9.17) is 11.6 Å². The van der Waals surface area contributed by atoms with Gasteiger partial charge in [0.25, 0.3) is 0 Å². The summed E-state index contributed by atoms with van der Waals surface area (Å²) >= 11 is 11.1. The van der Waals surface area contributed by atoms with Crippen molar-refractivity contribution in [2.24, 2.45) is 0 Å². The molecule has 0 atom stereocenters. The maximum Gasteiger partial charge on any atom is 0.0431 e. The molecule has 0 aliphatic carbocycles. The topological polar surface area (TPSA) is 0 Å². The summed E-state index contributed by atoms with van der Waals surface area (Å²) in [6.07, 6.45) is 0. The highest BCUT2D eigenvalue weighted by Gasteiger charge is 2.04. The first-order valence-corrected chi connectivity index (χ1v) is 5.56. The lowest BCUT2D eigenvalue weighted by Gasteiger charge is -1.96. The lowest BCUT2D eigenvalue weighted by Crippen LogP contribution is -1.71. The second-order valence-corrected chi connectivity index (χ2v) is 4.88. The number of fused-ring (bicyclic) bond motifs is 1. The molecule has 0 spiro atoms. The molecule has 0 bridgehead atoms. The predicted molar refractivity (Wildman–Crippen MR) is 59.3 cm³/mol. The number of rotatable bonds is 0. The zero-order chi connectivity index (χ0) is 8.72. The first-order chi connectivity index (χ1) is 5.68. The minimum Gasteiger partial charge on any atom is -0.143 e. The molecular formula is C9H6BrClS. The monoisotopic (exact) mass is 260 g/mol. The Labute approximate surface area is 88.3 Å². The van der Waals surface area contributed by atoms with Gasteiger partial charge in [0.05, 0.1) is 0 Å². The van der Waals surface area contributed by atoms with Crippen LogP contribution < -0.4 is 0 Å². The van der Waals surface area contributed by atoms with Crippen LogP contribution in [0.1, 0.15) is 5.56 Å². The van der Waals surface area contributed by atoms with Crippen LogP contribution in [0.2, 0.25) is 5.02 Å². The smallest absolute Gasteiger partial charge is 0.0431 e. The molecule has 0 aliphatic rings. The van der Waals surface area contributed by atoms with Crippen molar-refractivity contribution in [3.8, 4) is 0 Å². The Kier molecular flexibility index (Phi) is 2.15. The quantitative estimate of drug-likeness (QED) is 0.649. The van der Waals surface area contributed by atoms with E-state index < -0.39 is 0 Å².